The van der Waals surface area contributed by atoms with Crippen LogP contribution < -0.4 is 0 Å². The van der Waals surface area contributed by atoms with Gasteiger partial charge < -0.3 is 4.90 Å². The Bertz CT molecular complexity index is 762. The van der Waals surface area contributed by atoms with Gasteiger partial charge in [0, 0.05) is 17.0 Å². The summed E-state index contributed by atoms with van der Waals surface area (Å²) >= 11 is 2.45. The van der Waals surface area contributed by atoms with Crippen molar-refractivity contribution in [2.24, 2.45) is 5.92 Å². The zero-order valence-electron chi connectivity index (χ0n) is 15.4. The molecular weight excluding hydrogens is 380 g/mol. The first-order valence-electron chi connectivity index (χ1n) is 9.63. The average Bonchev–Trinajstić information content (AvgIpc) is 3.28. The van der Waals surface area contributed by atoms with Crippen LogP contribution >= 0.6 is 23.1 Å². The van der Waals surface area contributed by atoms with E-state index in [1.54, 1.807) is 6.08 Å². The van der Waals surface area contributed by atoms with Gasteiger partial charge in [0.1, 0.15) is 6.54 Å². The van der Waals surface area contributed by atoms with Crippen LogP contribution in [0.25, 0.3) is 6.08 Å². The largest absolute Gasteiger partial charge is 0.335 e. The molecule has 1 aliphatic heterocycles. The molecule has 3 fully saturated rings. The molecule has 0 radical (unpaired) electrons. The molecule has 4 rings (SSSR count). The number of amides is 3. The van der Waals surface area contributed by atoms with Crippen LogP contribution in [0, 0.1) is 5.92 Å². The number of thioether (sulfide) groups is 1. The van der Waals surface area contributed by atoms with Crippen molar-refractivity contribution in [3.05, 3.63) is 27.3 Å². The summed E-state index contributed by atoms with van der Waals surface area (Å²) in [4.78, 5) is 42.5. The van der Waals surface area contributed by atoms with Crippen LogP contribution in [-0.2, 0) is 9.59 Å². The molecule has 1 aromatic heterocycles. The van der Waals surface area contributed by atoms with Crippen LogP contribution in [-0.4, -0.2) is 45.5 Å². The van der Waals surface area contributed by atoms with E-state index in [1.807, 2.05) is 22.4 Å². The number of hydrogen-bond acceptors (Lipinski definition) is 5. The maximum atomic E-state index is 13.0. The summed E-state index contributed by atoms with van der Waals surface area (Å²) in [5.41, 5.74) is 0. The molecule has 0 N–H and O–H groups in total. The van der Waals surface area contributed by atoms with Gasteiger partial charge in [-0.15, -0.1) is 11.3 Å². The SMILES string of the molecule is CC1CCC(N(C(=O)CN2C(=O)S/C(=C/c3cccs3)C2=O)C2CC2)CC1. The highest BCUT2D eigenvalue weighted by Gasteiger charge is 2.42. The van der Waals surface area contributed by atoms with E-state index in [-0.39, 0.29) is 29.6 Å². The Labute approximate surface area is 167 Å². The number of thiophene rings is 1. The Morgan fingerprint density at radius 1 is 1.19 bits per heavy atom. The van der Waals surface area contributed by atoms with E-state index >= 15 is 0 Å². The van der Waals surface area contributed by atoms with Gasteiger partial charge in [-0.05, 0) is 73.7 Å². The highest BCUT2D eigenvalue weighted by molar-refractivity contribution is 8.18. The molecule has 0 unspecified atom stereocenters. The van der Waals surface area contributed by atoms with E-state index in [9.17, 15) is 14.4 Å². The number of carbonyl (C=O) groups is 3. The van der Waals surface area contributed by atoms with Gasteiger partial charge in [0.15, 0.2) is 0 Å². The summed E-state index contributed by atoms with van der Waals surface area (Å²) in [6.07, 6.45) is 8.17. The van der Waals surface area contributed by atoms with Crippen molar-refractivity contribution in [2.75, 3.05) is 6.54 Å². The Balaban J connectivity index is 1.45. The Morgan fingerprint density at radius 3 is 2.44 bits per heavy atom. The summed E-state index contributed by atoms with van der Waals surface area (Å²) in [5, 5.41) is 1.59. The number of hydrogen-bond donors (Lipinski definition) is 0. The molecule has 7 heteroatoms. The van der Waals surface area contributed by atoms with Crippen molar-refractivity contribution < 1.29 is 14.4 Å². The van der Waals surface area contributed by atoms with Gasteiger partial charge in [0.25, 0.3) is 11.1 Å². The minimum atomic E-state index is -0.347. The van der Waals surface area contributed by atoms with Crippen molar-refractivity contribution >= 4 is 46.2 Å². The fourth-order valence-corrected chi connectivity index (χ4v) is 5.50. The van der Waals surface area contributed by atoms with Crippen LogP contribution in [0.2, 0.25) is 0 Å². The maximum Gasteiger partial charge on any atom is 0.294 e. The molecule has 3 aliphatic rings. The fraction of sp³-hybridized carbons (Fsp3) is 0.550. The molecule has 0 spiro atoms. The smallest absolute Gasteiger partial charge is 0.294 e. The molecule has 2 heterocycles. The molecule has 3 amide bonds. The predicted molar refractivity (Wildman–Crippen MR) is 108 cm³/mol. The van der Waals surface area contributed by atoms with Crippen molar-refractivity contribution in [3.8, 4) is 0 Å². The first-order chi connectivity index (χ1) is 13.0. The molecular formula is C20H24N2O3S2. The number of imide groups is 1. The lowest BCUT2D eigenvalue weighted by Gasteiger charge is -2.37. The van der Waals surface area contributed by atoms with Crippen molar-refractivity contribution in [1.29, 1.82) is 0 Å². The Hall–Kier alpha value is -1.60. The highest BCUT2D eigenvalue weighted by atomic mass is 32.2. The van der Waals surface area contributed by atoms with Crippen LogP contribution in [0.15, 0.2) is 22.4 Å². The topological polar surface area (TPSA) is 57.7 Å². The normalized spacial score (nSPS) is 27.4. The standard InChI is InChI=1S/C20H24N2O3S2/c1-13-4-6-14(7-5-13)22(15-8-9-15)18(23)12-21-19(24)17(27-20(21)25)11-16-3-2-10-26-16/h2-3,10-11,13-15H,4-9,12H2,1H3/b17-11+. The first kappa shape index (κ1) is 18.7. The lowest BCUT2D eigenvalue weighted by atomic mass is 9.86. The minimum Gasteiger partial charge on any atom is -0.335 e. The van der Waals surface area contributed by atoms with Crippen molar-refractivity contribution in [3.63, 3.8) is 0 Å². The second kappa shape index (κ2) is 7.80. The van der Waals surface area contributed by atoms with E-state index in [0.717, 1.165) is 66.0 Å². The van der Waals surface area contributed by atoms with Crippen LogP contribution in [0.3, 0.4) is 0 Å². The third-order valence-corrected chi connectivity index (χ3v) is 7.32. The van der Waals surface area contributed by atoms with Gasteiger partial charge in [-0.25, -0.2) is 0 Å². The zero-order chi connectivity index (χ0) is 19.0. The van der Waals surface area contributed by atoms with E-state index < -0.39 is 0 Å². The van der Waals surface area contributed by atoms with Crippen molar-refractivity contribution in [2.45, 2.75) is 57.5 Å². The highest BCUT2D eigenvalue weighted by Crippen LogP contribution is 2.37. The molecule has 1 aromatic rings. The zero-order valence-corrected chi connectivity index (χ0v) is 17.1. The van der Waals surface area contributed by atoms with Gasteiger partial charge in [-0.3, -0.25) is 19.3 Å². The number of carbonyl (C=O) groups excluding carboxylic acids is 3. The van der Waals surface area contributed by atoms with E-state index in [1.165, 1.54) is 11.3 Å². The summed E-state index contributed by atoms with van der Waals surface area (Å²) in [6.45, 7) is 2.13. The average molecular weight is 405 g/mol. The molecule has 1 saturated heterocycles. The Kier molecular flexibility index (Phi) is 5.41. The van der Waals surface area contributed by atoms with Crippen LogP contribution in [0.5, 0.6) is 0 Å². The molecule has 144 valence electrons. The second-order valence-electron chi connectivity index (χ2n) is 7.73. The molecule has 0 atom stereocenters. The summed E-state index contributed by atoms with van der Waals surface area (Å²) in [7, 11) is 0. The number of nitrogens with zero attached hydrogens (tertiary/aromatic N) is 2. The van der Waals surface area contributed by atoms with Gasteiger partial charge in [0.2, 0.25) is 5.91 Å². The molecule has 0 bridgehead atoms. The predicted octanol–water partition coefficient (Wildman–Crippen LogP) is 4.35. The summed E-state index contributed by atoms with van der Waals surface area (Å²) < 4.78 is 0. The second-order valence-corrected chi connectivity index (χ2v) is 9.70. The summed E-state index contributed by atoms with van der Waals surface area (Å²) in [5.74, 6) is 0.303. The molecule has 2 saturated carbocycles. The first-order valence-corrected chi connectivity index (χ1v) is 11.3. The van der Waals surface area contributed by atoms with E-state index in [0.29, 0.717) is 10.9 Å². The number of rotatable bonds is 5. The fourth-order valence-electron chi connectivity index (χ4n) is 3.93. The van der Waals surface area contributed by atoms with Gasteiger partial charge in [-0.2, -0.15) is 0 Å². The van der Waals surface area contributed by atoms with E-state index in [4.69, 9.17) is 0 Å². The monoisotopic (exact) mass is 404 g/mol. The molecule has 0 aromatic carbocycles. The van der Waals surface area contributed by atoms with Crippen molar-refractivity contribution in [1.82, 2.24) is 9.80 Å². The Morgan fingerprint density at radius 2 is 1.85 bits per heavy atom. The van der Waals surface area contributed by atoms with Gasteiger partial charge in [-0.1, -0.05) is 13.0 Å². The summed E-state index contributed by atoms with van der Waals surface area (Å²) in [6, 6.07) is 4.38. The van der Waals surface area contributed by atoms with Crippen LogP contribution in [0.4, 0.5) is 4.79 Å². The third kappa shape index (κ3) is 4.14. The van der Waals surface area contributed by atoms with E-state index in [2.05, 4.69) is 6.92 Å². The molecule has 5 nitrogen and oxygen atoms in total. The lowest BCUT2D eigenvalue weighted by Crippen LogP contribution is -2.48. The quantitative estimate of drug-likeness (QED) is 0.685. The van der Waals surface area contributed by atoms with Gasteiger partial charge >= 0.3 is 0 Å². The molecule has 27 heavy (non-hydrogen) atoms. The third-order valence-electron chi connectivity index (χ3n) is 5.59. The lowest BCUT2D eigenvalue weighted by molar-refractivity contribution is -0.139. The minimum absolute atomic E-state index is 0.0725. The van der Waals surface area contributed by atoms with Crippen LogP contribution in [0.1, 0.15) is 50.3 Å². The van der Waals surface area contributed by atoms with Gasteiger partial charge in [0.05, 0.1) is 4.91 Å². The maximum absolute atomic E-state index is 13.0. The molecule has 2 aliphatic carbocycles.